The van der Waals surface area contributed by atoms with E-state index in [0.29, 0.717) is 4.47 Å². The molecule has 0 aliphatic carbocycles. The van der Waals surface area contributed by atoms with Gasteiger partial charge in [0.2, 0.25) is 0 Å². The second-order valence-corrected chi connectivity index (χ2v) is 8.13. The van der Waals surface area contributed by atoms with Crippen LogP contribution in [0.15, 0.2) is 51.8 Å². The van der Waals surface area contributed by atoms with Crippen LogP contribution in [0.3, 0.4) is 0 Å². The standard InChI is InChI=1S/C16H16BrNO4S/c1-10(11-3-6-13(7-4-11)23(2,21)22)18-16(20)14-9-12(17)5-8-15(14)19/h3-10,19H,1-2H3,(H,18,20)/t10-/m1/s1. The number of carbonyl (C=O) groups is 1. The third-order valence-corrected chi connectivity index (χ3v) is 4.98. The normalized spacial score (nSPS) is 12.7. The van der Waals surface area contributed by atoms with Crippen LogP contribution < -0.4 is 5.32 Å². The van der Waals surface area contributed by atoms with Gasteiger partial charge in [0.15, 0.2) is 9.84 Å². The lowest BCUT2D eigenvalue weighted by molar-refractivity contribution is 0.0937. The molecule has 0 aliphatic rings. The van der Waals surface area contributed by atoms with E-state index in [-0.39, 0.29) is 22.3 Å². The molecule has 0 saturated heterocycles. The molecule has 0 aromatic heterocycles. The number of carbonyl (C=O) groups excluding carboxylic acids is 1. The average molecular weight is 398 g/mol. The molecule has 2 aromatic carbocycles. The smallest absolute Gasteiger partial charge is 0.255 e. The van der Waals surface area contributed by atoms with E-state index in [1.165, 1.54) is 24.3 Å². The third kappa shape index (κ3) is 4.33. The van der Waals surface area contributed by atoms with Gasteiger partial charge in [0.25, 0.3) is 5.91 Å². The Morgan fingerprint density at radius 1 is 1.17 bits per heavy atom. The summed E-state index contributed by atoms with van der Waals surface area (Å²) in [7, 11) is -3.25. The number of halogens is 1. The first-order valence-electron chi connectivity index (χ1n) is 6.78. The maximum Gasteiger partial charge on any atom is 0.255 e. The summed E-state index contributed by atoms with van der Waals surface area (Å²) in [5.41, 5.74) is 0.930. The summed E-state index contributed by atoms with van der Waals surface area (Å²) in [5, 5.41) is 12.5. The van der Waals surface area contributed by atoms with Gasteiger partial charge >= 0.3 is 0 Å². The molecular formula is C16H16BrNO4S. The fourth-order valence-electron chi connectivity index (χ4n) is 2.05. The quantitative estimate of drug-likeness (QED) is 0.830. The summed E-state index contributed by atoms with van der Waals surface area (Å²) in [6.45, 7) is 1.78. The first-order valence-corrected chi connectivity index (χ1v) is 9.46. The maximum atomic E-state index is 12.2. The van der Waals surface area contributed by atoms with E-state index in [0.717, 1.165) is 11.8 Å². The summed E-state index contributed by atoms with van der Waals surface area (Å²) in [6.07, 6.45) is 1.14. The van der Waals surface area contributed by atoms with E-state index in [9.17, 15) is 18.3 Å². The molecule has 0 unspecified atom stereocenters. The Balaban J connectivity index is 2.17. The first kappa shape index (κ1) is 17.5. The van der Waals surface area contributed by atoms with Crippen LogP contribution in [0.25, 0.3) is 0 Å². The van der Waals surface area contributed by atoms with Crippen molar-refractivity contribution in [2.45, 2.75) is 17.9 Å². The van der Waals surface area contributed by atoms with Crippen LogP contribution in [0, 0.1) is 0 Å². The van der Waals surface area contributed by atoms with Crippen molar-refractivity contribution in [1.29, 1.82) is 0 Å². The summed E-state index contributed by atoms with van der Waals surface area (Å²) < 4.78 is 23.6. The Labute approximate surface area is 143 Å². The lowest BCUT2D eigenvalue weighted by Crippen LogP contribution is -2.26. The Morgan fingerprint density at radius 2 is 1.78 bits per heavy atom. The van der Waals surface area contributed by atoms with E-state index < -0.39 is 15.7 Å². The van der Waals surface area contributed by atoms with Crippen LogP contribution in [-0.4, -0.2) is 25.7 Å². The number of nitrogens with one attached hydrogen (secondary N) is 1. The highest BCUT2D eigenvalue weighted by molar-refractivity contribution is 9.10. The van der Waals surface area contributed by atoms with Gasteiger partial charge in [0.1, 0.15) is 5.75 Å². The van der Waals surface area contributed by atoms with Gasteiger partial charge < -0.3 is 10.4 Å². The minimum absolute atomic E-state index is 0.106. The Bertz CT molecular complexity index is 832. The summed E-state index contributed by atoms with van der Waals surface area (Å²) in [5.74, 6) is -0.520. The Hall–Kier alpha value is -1.86. The second-order valence-electron chi connectivity index (χ2n) is 5.20. The van der Waals surface area contributed by atoms with E-state index in [4.69, 9.17) is 0 Å². The highest BCUT2D eigenvalue weighted by Crippen LogP contribution is 2.23. The second kappa shape index (κ2) is 6.72. The minimum Gasteiger partial charge on any atom is -0.507 e. The highest BCUT2D eigenvalue weighted by Gasteiger charge is 2.16. The predicted molar refractivity (Wildman–Crippen MR) is 91.2 cm³/mol. The molecule has 0 bridgehead atoms. The van der Waals surface area contributed by atoms with E-state index in [2.05, 4.69) is 21.2 Å². The van der Waals surface area contributed by atoms with Crippen LogP contribution >= 0.6 is 15.9 Å². The minimum atomic E-state index is -3.25. The van der Waals surface area contributed by atoms with Crippen LogP contribution in [0.4, 0.5) is 0 Å². The number of benzene rings is 2. The predicted octanol–water partition coefficient (Wildman–Crippen LogP) is 3.05. The van der Waals surface area contributed by atoms with Crippen molar-refractivity contribution >= 4 is 31.7 Å². The highest BCUT2D eigenvalue weighted by atomic mass is 79.9. The van der Waals surface area contributed by atoms with Gasteiger partial charge in [-0.15, -0.1) is 0 Å². The SMILES string of the molecule is C[C@@H](NC(=O)c1cc(Br)ccc1O)c1ccc(S(C)(=O)=O)cc1. The zero-order chi connectivity index (χ0) is 17.2. The summed E-state index contributed by atoms with van der Waals surface area (Å²) in [6, 6.07) is 10.6. The maximum absolute atomic E-state index is 12.2. The fraction of sp³-hybridized carbons (Fsp3) is 0.188. The molecule has 23 heavy (non-hydrogen) atoms. The number of hydrogen-bond donors (Lipinski definition) is 2. The first-order chi connectivity index (χ1) is 10.7. The number of rotatable bonds is 4. The molecule has 0 fully saturated rings. The topological polar surface area (TPSA) is 83.5 Å². The van der Waals surface area contributed by atoms with E-state index in [1.807, 2.05) is 0 Å². The van der Waals surface area contributed by atoms with Crippen LogP contribution in [0.2, 0.25) is 0 Å². The van der Waals surface area contributed by atoms with Crippen molar-refractivity contribution in [3.63, 3.8) is 0 Å². The Morgan fingerprint density at radius 3 is 2.35 bits per heavy atom. The zero-order valence-electron chi connectivity index (χ0n) is 12.6. The van der Waals surface area contributed by atoms with Gasteiger partial charge in [-0.3, -0.25) is 4.79 Å². The molecule has 2 N–H and O–H groups in total. The van der Waals surface area contributed by atoms with E-state index in [1.54, 1.807) is 25.1 Å². The Kier molecular flexibility index (Phi) is 5.11. The molecule has 7 heteroatoms. The summed E-state index contributed by atoms with van der Waals surface area (Å²) >= 11 is 3.25. The molecule has 2 aromatic rings. The zero-order valence-corrected chi connectivity index (χ0v) is 15.0. The van der Waals surface area contributed by atoms with Crippen molar-refractivity contribution in [2.75, 3.05) is 6.26 Å². The van der Waals surface area contributed by atoms with Crippen LogP contribution in [-0.2, 0) is 9.84 Å². The fourth-order valence-corrected chi connectivity index (χ4v) is 3.04. The van der Waals surface area contributed by atoms with Gasteiger partial charge in [-0.05, 0) is 42.8 Å². The van der Waals surface area contributed by atoms with Gasteiger partial charge in [-0.2, -0.15) is 0 Å². The molecule has 122 valence electrons. The van der Waals surface area contributed by atoms with Crippen molar-refractivity contribution in [3.05, 3.63) is 58.1 Å². The van der Waals surface area contributed by atoms with Crippen molar-refractivity contribution in [3.8, 4) is 5.75 Å². The molecule has 1 amide bonds. The van der Waals surface area contributed by atoms with Gasteiger partial charge in [0, 0.05) is 10.7 Å². The average Bonchev–Trinajstić information content (AvgIpc) is 2.48. The monoisotopic (exact) mass is 397 g/mol. The molecule has 1 atom stereocenters. The van der Waals surface area contributed by atoms with Crippen LogP contribution in [0.5, 0.6) is 5.75 Å². The molecule has 0 heterocycles. The molecule has 5 nitrogen and oxygen atoms in total. The molecule has 2 rings (SSSR count). The molecule has 0 spiro atoms. The molecular weight excluding hydrogens is 382 g/mol. The van der Waals surface area contributed by atoms with Crippen molar-refractivity contribution < 1.29 is 18.3 Å². The third-order valence-electron chi connectivity index (χ3n) is 3.36. The number of phenols is 1. The van der Waals surface area contributed by atoms with Gasteiger partial charge in [0.05, 0.1) is 16.5 Å². The molecule has 0 saturated carbocycles. The number of amides is 1. The number of hydrogen-bond acceptors (Lipinski definition) is 4. The molecule has 0 aliphatic heterocycles. The van der Waals surface area contributed by atoms with Crippen LogP contribution in [0.1, 0.15) is 28.9 Å². The van der Waals surface area contributed by atoms with E-state index >= 15 is 0 Å². The number of phenolic OH excluding ortho intramolecular Hbond substituents is 1. The van der Waals surface area contributed by atoms with Crippen molar-refractivity contribution in [2.24, 2.45) is 0 Å². The largest absolute Gasteiger partial charge is 0.507 e. The van der Waals surface area contributed by atoms with Gasteiger partial charge in [-0.1, -0.05) is 28.1 Å². The summed E-state index contributed by atoms with van der Waals surface area (Å²) in [4.78, 5) is 12.5. The lowest BCUT2D eigenvalue weighted by atomic mass is 10.1. The lowest BCUT2D eigenvalue weighted by Gasteiger charge is -2.15. The van der Waals surface area contributed by atoms with Gasteiger partial charge in [-0.25, -0.2) is 8.42 Å². The van der Waals surface area contributed by atoms with Crippen molar-refractivity contribution in [1.82, 2.24) is 5.32 Å². The number of sulfone groups is 1. The number of aromatic hydroxyl groups is 1. The molecule has 0 radical (unpaired) electrons.